The average molecular weight is 410 g/mol. The number of methoxy groups -OCH3 is 1. The molecule has 3 heterocycles. The van der Waals surface area contributed by atoms with E-state index >= 15 is 4.39 Å². The number of anilines is 1. The van der Waals surface area contributed by atoms with Gasteiger partial charge in [-0.2, -0.15) is 5.10 Å². The molecular weight excluding hydrogens is 387 g/mol. The number of nitrogens with zero attached hydrogens (tertiary/aromatic N) is 6. The molecule has 1 fully saturated rings. The number of carbonyl (C=O) groups is 1. The van der Waals surface area contributed by atoms with E-state index < -0.39 is 5.82 Å². The van der Waals surface area contributed by atoms with Crippen molar-refractivity contribution in [3.63, 3.8) is 0 Å². The van der Waals surface area contributed by atoms with Crippen molar-refractivity contribution in [2.45, 2.75) is 13.0 Å². The quantitative estimate of drug-likeness (QED) is 0.643. The van der Waals surface area contributed by atoms with Gasteiger partial charge in [0.25, 0.3) is 0 Å². The highest BCUT2D eigenvalue weighted by molar-refractivity contribution is 5.80. The van der Waals surface area contributed by atoms with Crippen LogP contribution in [0.2, 0.25) is 0 Å². The number of carbonyl (C=O) groups excluding carboxylic acids is 1. The first-order chi connectivity index (χ1) is 14.6. The number of benzene rings is 1. The lowest BCUT2D eigenvalue weighted by Crippen LogP contribution is -2.50. The highest BCUT2D eigenvalue weighted by Crippen LogP contribution is 2.28. The van der Waals surface area contributed by atoms with E-state index in [1.165, 1.54) is 6.33 Å². The number of halogens is 1. The van der Waals surface area contributed by atoms with Crippen LogP contribution in [0, 0.1) is 5.82 Å². The molecule has 1 unspecified atom stereocenters. The molecule has 1 atom stereocenters. The summed E-state index contributed by atoms with van der Waals surface area (Å²) in [7, 11) is 1.58. The first kappa shape index (κ1) is 19.8. The van der Waals surface area contributed by atoms with Crippen LogP contribution >= 0.6 is 0 Å². The summed E-state index contributed by atoms with van der Waals surface area (Å²) in [6, 6.07) is 8.48. The Hall–Kier alpha value is -3.49. The minimum absolute atomic E-state index is 0.000399. The monoisotopic (exact) mass is 410 g/mol. The number of aromatic nitrogens is 4. The number of hydrogen-bond donors (Lipinski definition) is 0. The van der Waals surface area contributed by atoms with Gasteiger partial charge in [-0.05, 0) is 37.3 Å². The predicted octanol–water partition coefficient (Wildman–Crippen LogP) is 2.40. The van der Waals surface area contributed by atoms with Crippen LogP contribution in [0.4, 0.5) is 10.2 Å². The van der Waals surface area contributed by atoms with Crippen molar-refractivity contribution in [2.24, 2.45) is 0 Å². The Balaban J connectivity index is 1.46. The smallest absolute Gasteiger partial charge is 0.247 e. The topological polar surface area (TPSA) is 76.4 Å². The molecule has 0 spiro atoms. The fraction of sp³-hybridized carbons (Fsp3) is 0.333. The molecule has 0 aliphatic carbocycles. The van der Waals surface area contributed by atoms with Gasteiger partial charge in [-0.1, -0.05) is 0 Å². The highest BCUT2D eigenvalue weighted by atomic mass is 19.1. The second-order valence-electron chi connectivity index (χ2n) is 7.06. The average Bonchev–Trinajstić information content (AvgIpc) is 3.33. The molecule has 4 rings (SSSR count). The Morgan fingerprint density at radius 1 is 1.13 bits per heavy atom. The molecule has 0 bridgehead atoms. The van der Waals surface area contributed by atoms with Crippen LogP contribution in [0.1, 0.15) is 13.0 Å². The summed E-state index contributed by atoms with van der Waals surface area (Å²) in [6.07, 6.45) is 4.80. The Labute approximate surface area is 173 Å². The summed E-state index contributed by atoms with van der Waals surface area (Å²) in [5, 5.41) is 4.14. The van der Waals surface area contributed by atoms with E-state index in [4.69, 9.17) is 4.74 Å². The van der Waals surface area contributed by atoms with E-state index in [1.807, 2.05) is 11.8 Å². The lowest BCUT2D eigenvalue weighted by molar-refractivity contribution is -0.134. The molecule has 9 heteroatoms. The summed E-state index contributed by atoms with van der Waals surface area (Å²) < 4.78 is 22.0. The van der Waals surface area contributed by atoms with Gasteiger partial charge >= 0.3 is 0 Å². The first-order valence-electron chi connectivity index (χ1n) is 9.76. The number of rotatable bonds is 5. The van der Waals surface area contributed by atoms with Crippen molar-refractivity contribution in [1.82, 2.24) is 24.6 Å². The van der Waals surface area contributed by atoms with Gasteiger partial charge in [0.1, 0.15) is 23.8 Å². The van der Waals surface area contributed by atoms with Crippen molar-refractivity contribution < 1.29 is 13.9 Å². The number of amides is 1. The lowest BCUT2D eigenvalue weighted by Gasteiger charge is -2.36. The SMILES string of the molecule is COc1ccc(-c2ncnc(N3CCN(C(=O)C(C)n4cccn4)CC3)c2F)cc1. The van der Waals surface area contributed by atoms with E-state index in [0.717, 1.165) is 0 Å². The Morgan fingerprint density at radius 3 is 2.50 bits per heavy atom. The molecule has 3 aromatic rings. The lowest BCUT2D eigenvalue weighted by atomic mass is 10.1. The molecule has 1 aromatic carbocycles. The summed E-state index contributed by atoms with van der Waals surface area (Å²) in [5.41, 5.74) is 0.896. The van der Waals surface area contributed by atoms with Crippen LogP contribution < -0.4 is 9.64 Å². The van der Waals surface area contributed by atoms with Gasteiger partial charge in [0.2, 0.25) is 5.91 Å². The summed E-state index contributed by atoms with van der Waals surface area (Å²) in [4.78, 5) is 24.7. The molecule has 1 aliphatic heterocycles. The zero-order valence-electron chi connectivity index (χ0n) is 16.9. The van der Waals surface area contributed by atoms with Crippen molar-refractivity contribution >= 4 is 11.7 Å². The molecule has 1 amide bonds. The summed E-state index contributed by atoms with van der Waals surface area (Å²) in [6.45, 7) is 3.80. The Bertz CT molecular complexity index is 1000. The summed E-state index contributed by atoms with van der Waals surface area (Å²) >= 11 is 0. The zero-order valence-corrected chi connectivity index (χ0v) is 16.9. The second kappa shape index (κ2) is 8.48. The van der Waals surface area contributed by atoms with Gasteiger partial charge in [-0.25, -0.2) is 14.4 Å². The highest BCUT2D eigenvalue weighted by Gasteiger charge is 2.28. The van der Waals surface area contributed by atoms with E-state index in [1.54, 1.807) is 59.4 Å². The second-order valence-corrected chi connectivity index (χ2v) is 7.06. The van der Waals surface area contributed by atoms with Crippen molar-refractivity contribution in [1.29, 1.82) is 0 Å². The third kappa shape index (κ3) is 3.83. The number of ether oxygens (including phenoxy) is 1. The maximum atomic E-state index is 15.2. The molecule has 0 saturated carbocycles. The van der Waals surface area contributed by atoms with Crippen LogP contribution in [-0.4, -0.2) is 63.8 Å². The Morgan fingerprint density at radius 2 is 1.87 bits per heavy atom. The van der Waals surface area contributed by atoms with Crippen LogP contribution in [0.15, 0.2) is 49.1 Å². The maximum absolute atomic E-state index is 15.2. The van der Waals surface area contributed by atoms with Crippen molar-refractivity contribution in [2.75, 3.05) is 38.2 Å². The van der Waals surface area contributed by atoms with E-state index in [0.29, 0.717) is 37.5 Å². The normalized spacial score (nSPS) is 15.2. The predicted molar refractivity (Wildman–Crippen MR) is 110 cm³/mol. The van der Waals surface area contributed by atoms with Gasteiger partial charge in [0, 0.05) is 44.1 Å². The molecule has 0 N–H and O–H groups in total. The third-order valence-electron chi connectivity index (χ3n) is 5.30. The molecule has 156 valence electrons. The summed E-state index contributed by atoms with van der Waals surface area (Å²) in [5.74, 6) is 0.481. The van der Waals surface area contributed by atoms with Gasteiger partial charge in [0.05, 0.1) is 7.11 Å². The van der Waals surface area contributed by atoms with E-state index in [9.17, 15) is 4.79 Å². The van der Waals surface area contributed by atoms with Gasteiger partial charge in [0.15, 0.2) is 11.6 Å². The maximum Gasteiger partial charge on any atom is 0.247 e. The Kier molecular flexibility index (Phi) is 5.60. The van der Waals surface area contributed by atoms with Crippen molar-refractivity contribution in [3.05, 3.63) is 54.9 Å². The number of piperazine rings is 1. The van der Waals surface area contributed by atoms with Gasteiger partial charge < -0.3 is 14.5 Å². The minimum atomic E-state index is -0.465. The van der Waals surface area contributed by atoms with Gasteiger partial charge in [-0.15, -0.1) is 0 Å². The molecular formula is C21H23FN6O2. The van der Waals surface area contributed by atoms with Crippen LogP contribution in [0.25, 0.3) is 11.3 Å². The van der Waals surface area contributed by atoms with Crippen molar-refractivity contribution in [3.8, 4) is 17.0 Å². The minimum Gasteiger partial charge on any atom is -0.497 e. The van der Waals surface area contributed by atoms with Crippen LogP contribution in [0.3, 0.4) is 0 Å². The zero-order chi connectivity index (χ0) is 21.1. The van der Waals surface area contributed by atoms with E-state index in [-0.39, 0.29) is 23.5 Å². The molecule has 1 saturated heterocycles. The number of hydrogen-bond acceptors (Lipinski definition) is 6. The fourth-order valence-electron chi connectivity index (χ4n) is 3.56. The third-order valence-corrected chi connectivity index (χ3v) is 5.30. The molecule has 8 nitrogen and oxygen atoms in total. The molecule has 0 radical (unpaired) electrons. The largest absolute Gasteiger partial charge is 0.497 e. The standard InChI is InChI=1S/C21H23FN6O2/c1-15(28-9-3-8-25-28)21(29)27-12-10-26(11-13-27)20-18(22)19(23-14-24-20)16-4-6-17(30-2)7-5-16/h3-9,14-15H,10-13H2,1-2H3. The fourth-order valence-corrected chi connectivity index (χ4v) is 3.56. The molecule has 30 heavy (non-hydrogen) atoms. The van der Waals surface area contributed by atoms with Crippen LogP contribution in [-0.2, 0) is 4.79 Å². The van der Waals surface area contributed by atoms with E-state index in [2.05, 4.69) is 15.1 Å². The van der Waals surface area contributed by atoms with Gasteiger partial charge in [-0.3, -0.25) is 9.48 Å². The molecule has 2 aromatic heterocycles. The first-order valence-corrected chi connectivity index (χ1v) is 9.76. The van der Waals surface area contributed by atoms with Crippen LogP contribution in [0.5, 0.6) is 5.75 Å². The molecule has 1 aliphatic rings.